The molecule has 1 aromatic carbocycles. The first-order valence-electron chi connectivity index (χ1n) is 5.04. The van der Waals surface area contributed by atoms with Crippen LogP contribution in [0.25, 0.3) is 0 Å². The van der Waals surface area contributed by atoms with E-state index < -0.39 is 11.6 Å². The molecular formula is C11H13F2NS. The number of nitrogens with one attached hydrogen (secondary N) is 1. The second kappa shape index (κ2) is 4.94. The van der Waals surface area contributed by atoms with Crippen molar-refractivity contribution in [2.24, 2.45) is 5.92 Å². The Morgan fingerprint density at radius 1 is 1.27 bits per heavy atom. The van der Waals surface area contributed by atoms with Gasteiger partial charge < -0.3 is 5.32 Å². The molecule has 1 saturated heterocycles. The summed E-state index contributed by atoms with van der Waals surface area (Å²) in [6.07, 6.45) is 1.14. The van der Waals surface area contributed by atoms with Crippen LogP contribution in [0.5, 0.6) is 0 Å². The van der Waals surface area contributed by atoms with Crippen molar-refractivity contribution in [3.8, 4) is 0 Å². The summed E-state index contributed by atoms with van der Waals surface area (Å²) in [6, 6.07) is 4.07. The molecule has 2 rings (SSSR count). The monoisotopic (exact) mass is 229 g/mol. The molecule has 0 saturated carbocycles. The third-order valence-electron chi connectivity index (χ3n) is 2.55. The van der Waals surface area contributed by atoms with Gasteiger partial charge in [-0.15, -0.1) is 11.8 Å². The minimum Gasteiger partial charge on any atom is -0.316 e. The summed E-state index contributed by atoms with van der Waals surface area (Å²) in [6.45, 7) is 2.19. The van der Waals surface area contributed by atoms with Gasteiger partial charge in [0.05, 0.1) is 0 Å². The maximum Gasteiger partial charge on any atom is 0.159 e. The lowest BCUT2D eigenvalue weighted by Crippen LogP contribution is -2.42. The minimum atomic E-state index is -0.775. The number of rotatable bonds is 4. The van der Waals surface area contributed by atoms with Crippen molar-refractivity contribution in [1.29, 1.82) is 0 Å². The van der Waals surface area contributed by atoms with Gasteiger partial charge in [-0.05, 0) is 49.4 Å². The molecule has 0 atom stereocenters. The third kappa shape index (κ3) is 2.92. The molecule has 0 aromatic heterocycles. The van der Waals surface area contributed by atoms with E-state index in [1.165, 1.54) is 12.1 Å². The van der Waals surface area contributed by atoms with Crippen molar-refractivity contribution in [2.45, 2.75) is 11.3 Å². The second-order valence-electron chi connectivity index (χ2n) is 3.74. The summed E-state index contributed by atoms with van der Waals surface area (Å²) in [5.41, 5.74) is 0. The standard InChI is InChI=1S/C11H13F2NS/c12-10-2-1-9(5-11(10)13)15-4-3-8-6-14-7-8/h1-2,5,8,14H,3-4,6-7H2. The van der Waals surface area contributed by atoms with E-state index in [2.05, 4.69) is 5.32 Å². The van der Waals surface area contributed by atoms with Gasteiger partial charge in [-0.1, -0.05) is 0 Å². The molecule has 1 N–H and O–H groups in total. The lowest BCUT2D eigenvalue weighted by molar-refractivity contribution is 0.341. The summed E-state index contributed by atoms with van der Waals surface area (Å²) >= 11 is 1.59. The Bertz CT molecular complexity index is 339. The molecule has 1 heterocycles. The van der Waals surface area contributed by atoms with E-state index in [4.69, 9.17) is 0 Å². The van der Waals surface area contributed by atoms with E-state index in [0.29, 0.717) is 0 Å². The van der Waals surface area contributed by atoms with Gasteiger partial charge >= 0.3 is 0 Å². The molecule has 1 aliphatic rings. The van der Waals surface area contributed by atoms with Gasteiger partial charge in [0.2, 0.25) is 0 Å². The fourth-order valence-corrected chi connectivity index (χ4v) is 2.50. The van der Waals surface area contributed by atoms with Gasteiger partial charge in [0.15, 0.2) is 11.6 Å². The van der Waals surface area contributed by atoms with Gasteiger partial charge in [0, 0.05) is 4.90 Å². The van der Waals surface area contributed by atoms with Crippen LogP contribution in [0.4, 0.5) is 8.78 Å². The van der Waals surface area contributed by atoms with Crippen LogP contribution in [-0.2, 0) is 0 Å². The first kappa shape index (κ1) is 10.9. The normalized spacial score (nSPS) is 16.4. The van der Waals surface area contributed by atoms with E-state index >= 15 is 0 Å². The minimum absolute atomic E-state index is 0.759. The number of benzene rings is 1. The maximum absolute atomic E-state index is 12.8. The average molecular weight is 229 g/mol. The maximum atomic E-state index is 12.8. The summed E-state index contributed by atoms with van der Waals surface area (Å²) in [7, 11) is 0. The highest BCUT2D eigenvalue weighted by molar-refractivity contribution is 7.99. The van der Waals surface area contributed by atoms with Gasteiger partial charge in [-0.3, -0.25) is 0 Å². The average Bonchev–Trinajstić information content (AvgIpc) is 2.15. The molecule has 1 aromatic rings. The topological polar surface area (TPSA) is 12.0 Å². The molecule has 1 nitrogen and oxygen atoms in total. The molecule has 0 bridgehead atoms. The van der Waals surface area contributed by atoms with Crippen LogP contribution < -0.4 is 5.32 Å². The van der Waals surface area contributed by atoms with Gasteiger partial charge in [-0.25, -0.2) is 8.78 Å². The van der Waals surface area contributed by atoms with Gasteiger partial charge in [0.1, 0.15) is 0 Å². The predicted octanol–water partition coefficient (Wildman–Crippen LogP) is 2.67. The molecule has 0 spiro atoms. The van der Waals surface area contributed by atoms with Crippen LogP contribution in [-0.4, -0.2) is 18.8 Å². The van der Waals surface area contributed by atoms with Crippen molar-refractivity contribution >= 4 is 11.8 Å². The van der Waals surface area contributed by atoms with Crippen molar-refractivity contribution in [3.63, 3.8) is 0 Å². The first-order chi connectivity index (χ1) is 7.25. The SMILES string of the molecule is Fc1ccc(SCCC2CNC2)cc1F. The highest BCUT2D eigenvalue weighted by Crippen LogP contribution is 2.23. The van der Waals surface area contributed by atoms with Crippen molar-refractivity contribution in [1.82, 2.24) is 5.32 Å². The van der Waals surface area contributed by atoms with Crippen LogP contribution in [0.2, 0.25) is 0 Å². The fraction of sp³-hybridized carbons (Fsp3) is 0.455. The van der Waals surface area contributed by atoms with Crippen LogP contribution in [0, 0.1) is 17.6 Å². The Hall–Kier alpha value is -0.610. The highest BCUT2D eigenvalue weighted by atomic mass is 32.2. The van der Waals surface area contributed by atoms with E-state index in [-0.39, 0.29) is 0 Å². The van der Waals surface area contributed by atoms with E-state index in [9.17, 15) is 8.78 Å². The molecule has 1 aliphatic heterocycles. The smallest absolute Gasteiger partial charge is 0.159 e. The summed E-state index contributed by atoms with van der Waals surface area (Å²) in [4.78, 5) is 0.807. The predicted molar refractivity (Wildman–Crippen MR) is 58.1 cm³/mol. The summed E-state index contributed by atoms with van der Waals surface area (Å²) in [5.74, 6) is 0.202. The van der Waals surface area contributed by atoms with Gasteiger partial charge in [0.25, 0.3) is 0 Å². The zero-order valence-electron chi connectivity index (χ0n) is 8.30. The zero-order valence-corrected chi connectivity index (χ0v) is 9.12. The zero-order chi connectivity index (χ0) is 10.7. The molecule has 0 radical (unpaired) electrons. The Balaban J connectivity index is 1.79. The molecule has 15 heavy (non-hydrogen) atoms. The Labute approximate surface area is 92.3 Å². The van der Waals surface area contributed by atoms with E-state index in [1.807, 2.05) is 0 Å². The number of halogens is 2. The van der Waals surface area contributed by atoms with Crippen molar-refractivity contribution in [2.75, 3.05) is 18.8 Å². The van der Waals surface area contributed by atoms with Crippen LogP contribution >= 0.6 is 11.8 Å². The van der Waals surface area contributed by atoms with E-state index in [0.717, 1.165) is 36.1 Å². The van der Waals surface area contributed by atoms with Gasteiger partial charge in [-0.2, -0.15) is 0 Å². The second-order valence-corrected chi connectivity index (χ2v) is 4.91. The Morgan fingerprint density at radius 2 is 2.07 bits per heavy atom. The fourth-order valence-electron chi connectivity index (χ4n) is 1.46. The molecule has 0 unspecified atom stereocenters. The number of thioether (sulfide) groups is 1. The van der Waals surface area contributed by atoms with Crippen molar-refractivity contribution < 1.29 is 8.78 Å². The third-order valence-corrected chi connectivity index (χ3v) is 3.58. The first-order valence-corrected chi connectivity index (χ1v) is 6.03. The number of hydrogen-bond donors (Lipinski definition) is 1. The van der Waals surface area contributed by atoms with Crippen LogP contribution in [0.3, 0.4) is 0 Å². The molecule has 0 amide bonds. The quantitative estimate of drug-likeness (QED) is 0.797. The lowest BCUT2D eigenvalue weighted by Gasteiger charge is -2.26. The van der Waals surface area contributed by atoms with Crippen molar-refractivity contribution in [3.05, 3.63) is 29.8 Å². The molecular weight excluding hydrogens is 216 g/mol. The Morgan fingerprint density at radius 3 is 2.67 bits per heavy atom. The highest BCUT2D eigenvalue weighted by Gasteiger charge is 2.15. The molecule has 1 fully saturated rings. The molecule has 0 aliphatic carbocycles. The number of hydrogen-bond acceptors (Lipinski definition) is 2. The van der Waals surface area contributed by atoms with E-state index in [1.54, 1.807) is 17.8 Å². The summed E-state index contributed by atoms with van der Waals surface area (Å²) < 4.78 is 25.5. The molecule has 82 valence electrons. The Kier molecular flexibility index (Phi) is 3.59. The molecule has 4 heteroatoms. The summed E-state index contributed by atoms with van der Waals surface area (Å²) in [5, 5.41) is 3.21. The largest absolute Gasteiger partial charge is 0.316 e. The lowest BCUT2D eigenvalue weighted by atomic mass is 10.0. The van der Waals surface area contributed by atoms with Crippen LogP contribution in [0.15, 0.2) is 23.1 Å². The van der Waals surface area contributed by atoms with Crippen LogP contribution in [0.1, 0.15) is 6.42 Å².